The SMILES string of the molecule is CC(C)(C)[C@H]1O[C@@H](c2ccncc2NC(=O)c2ccnc(-c3c(F)cccc3F)n2)C[C@@H](N)[C@@H]1O. The van der Waals surface area contributed by atoms with Gasteiger partial charge in [0, 0.05) is 24.0 Å². The van der Waals surface area contributed by atoms with Gasteiger partial charge in [0.15, 0.2) is 5.82 Å². The molecule has 4 rings (SSSR count). The Morgan fingerprint density at radius 1 is 1.17 bits per heavy atom. The van der Waals surface area contributed by atoms with Gasteiger partial charge < -0.3 is 20.9 Å². The summed E-state index contributed by atoms with van der Waals surface area (Å²) < 4.78 is 34.6. The van der Waals surface area contributed by atoms with Crippen LogP contribution < -0.4 is 11.1 Å². The minimum Gasteiger partial charge on any atom is -0.389 e. The molecule has 4 N–H and O–H groups in total. The number of ether oxygens (including phenoxy) is 1. The largest absolute Gasteiger partial charge is 0.389 e. The van der Waals surface area contributed by atoms with Gasteiger partial charge in [-0.1, -0.05) is 26.8 Å². The number of anilines is 1. The highest BCUT2D eigenvalue weighted by Crippen LogP contribution is 2.40. The van der Waals surface area contributed by atoms with Crippen molar-refractivity contribution in [3.63, 3.8) is 0 Å². The Morgan fingerprint density at radius 2 is 1.89 bits per heavy atom. The number of rotatable bonds is 4. The van der Waals surface area contributed by atoms with Crippen LogP contribution in [0.5, 0.6) is 0 Å². The number of benzene rings is 1. The molecule has 1 aromatic carbocycles. The van der Waals surface area contributed by atoms with Crippen LogP contribution in [0.1, 0.15) is 49.3 Å². The molecule has 1 aliphatic heterocycles. The lowest BCUT2D eigenvalue weighted by Crippen LogP contribution is -2.54. The average Bonchev–Trinajstić information content (AvgIpc) is 2.80. The van der Waals surface area contributed by atoms with Crippen LogP contribution in [0.3, 0.4) is 0 Å². The molecular formula is C25H27F2N5O3. The summed E-state index contributed by atoms with van der Waals surface area (Å²) in [5.74, 6) is -2.53. The molecule has 1 amide bonds. The van der Waals surface area contributed by atoms with Gasteiger partial charge in [0.2, 0.25) is 0 Å². The molecule has 35 heavy (non-hydrogen) atoms. The van der Waals surface area contributed by atoms with E-state index in [4.69, 9.17) is 10.5 Å². The molecular weight excluding hydrogens is 456 g/mol. The van der Waals surface area contributed by atoms with Crippen LogP contribution in [0.15, 0.2) is 48.9 Å². The average molecular weight is 484 g/mol. The summed E-state index contributed by atoms with van der Waals surface area (Å²) in [4.78, 5) is 25.1. The first-order chi connectivity index (χ1) is 16.6. The van der Waals surface area contributed by atoms with Crippen molar-refractivity contribution in [2.75, 3.05) is 5.32 Å². The number of nitrogens with zero attached hydrogens (tertiary/aromatic N) is 3. The normalized spacial score (nSPS) is 22.6. The van der Waals surface area contributed by atoms with E-state index in [1.54, 1.807) is 12.3 Å². The highest BCUT2D eigenvalue weighted by atomic mass is 19.1. The van der Waals surface area contributed by atoms with Crippen molar-refractivity contribution in [3.05, 3.63) is 71.8 Å². The van der Waals surface area contributed by atoms with Crippen molar-refractivity contribution in [3.8, 4) is 11.4 Å². The second-order valence-corrected chi connectivity index (χ2v) is 9.58. The van der Waals surface area contributed by atoms with Crippen LogP contribution in [-0.2, 0) is 4.74 Å². The van der Waals surface area contributed by atoms with Gasteiger partial charge in [-0.05, 0) is 36.1 Å². The minimum absolute atomic E-state index is 0.0864. The van der Waals surface area contributed by atoms with Gasteiger partial charge in [-0.3, -0.25) is 9.78 Å². The molecule has 184 valence electrons. The van der Waals surface area contributed by atoms with E-state index in [0.717, 1.165) is 12.1 Å². The van der Waals surface area contributed by atoms with E-state index in [9.17, 15) is 18.7 Å². The fourth-order valence-electron chi connectivity index (χ4n) is 4.13. The van der Waals surface area contributed by atoms with Crippen molar-refractivity contribution in [1.29, 1.82) is 0 Å². The van der Waals surface area contributed by atoms with Gasteiger partial charge in [0.25, 0.3) is 5.91 Å². The van der Waals surface area contributed by atoms with Crippen molar-refractivity contribution in [2.24, 2.45) is 11.1 Å². The van der Waals surface area contributed by atoms with E-state index >= 15 is 0 Å². The molecule has 8 nitrogen and oxygen atoms in total. The van der Waals surface area contributed by atoms with Crippen LogP contribution in [0, 0.1) is 17.0 Å². The summed E-state index contributed by atoms with van der Waals surface area (Å²) in [6.07, 6.45) is 2.79. The maximum Gasteiger partial charge on any atom is 0.274 e. The topological polar surface area (TPSA) is 123 Å². The molecule has 1 aliphatic rings. The Bertz CT molecular complexity index is 1210. The van der Waals surface area contributed by atoms with Crippen molar-refractivity contribution in [2.45, 2.75) is 51.5 Å². The molecule has 1 saturated heterocycles. The number of hydrogen-bond donors (Lipinski definition) is 3. The van der Waals surface area contributed by atoms with E-state index in [2.05, 4.69) is 20.3 Å². The summed E-state index contributed by atoms with van der Waals surface area (Å²) in [5, 5.41) is 13.3. The van der Waals surface area contributed by atoms with E-state index < -0.39 is 47.5 Å². The quantitative estimate of drug-likeness (QED) is 0.518. The highest BCUT2D eigenvalue weighted by Gasteiger charge is 2.43. The molecule has 0 spiro atoms. The number of aliphatic hydroxyl groups excluding tert-OH is 1. The number of halogens is 2. The second kappa shape index (κ2) is 9.73. The third-order valence-corrected chi connectivity index (χ3v) is 5.92. The monoisotopic (exact) mass is 483 g/mol. The molecule has 3 aromatic rings. The zero-order chi connectivity index (χ0) is 25.3. The lowest BCUT2D eigenvalue weighted by molar-refractivity contribution is -0.167. The third-order valence-electron chi connectivity index (χ3n) is 5.92. The van der Waals surface area contributed by atoms with E-state index in [1.165, 1.54) is 24.5 Å². The number of carbonyl (C=O) groups excluding carboxylic acids is 1. The zero-order valence-corrected chi connectivity index (χ0v) is 19.6. The maximum absolute atomic E-state index is 14.2. The summed E-state index contributed by atoms with van der Waals surface area (Å²) in [5.41, 5.74) is 6.36. The predicted molar refractivity (Wildman–Crippen MR) is 125 cm³/mol. The van der Waals surface area contributed by atoms with Gasteiger partial charge >= 0.3 is 0 Å². The minimum atomic E-state index is -0.835. The number of nitrogens with one attached hydrogen (secondary N) is 1. The number of aliphatic hydroxyl groups is 1. The Balaban J connectivity index is 1.61. The summed E-state index contributed by atoms with van der Waals surface area (Å²) in [6.45, 7) is 5.86. The van der Waals surface area contributed by atoms with E-state index in [-0.39, 0.29) is 16.9 Å². The third kappa shape index (κ3) is 5.19. The van der Waals surface area contributed by atoms with Gasteiger partial charge in [0.1, 0.15) is 17.3 Å². The number of hydrogen-bond acceptors (Lipinski definition) is 7. The fraction of sp³-hybridized carbons (Fsp3) is 0.360. The van der Waals surface area contributed by atoms with Crippen LogP contribution in [-0.4, -0.2) is 44.2 Å². The second-order valence-electron chi connectivity index (χ2n) is 9.58. The van der Waals surface area contributed by atoms with Crippen molar-refractivity contribution < 1.29 is 23.4 Å². The number of pyridine rings is 1. The maximum atomic E-state index is 14.2. The number of aromatic nitrogens is 3. The first kappa shape index (κ1) is 24.8. The molecule has 3 heterocycles. The molecule has 0 bridgehead atoms. The van der Waals surface area contributed by atoms with Crippen LogP contribution in [0.2, 0.25) is 0 Å². The van der Waals surface area contributed by atoms with Gasteiger partial charge in [-0.15, -0.1) is 0 Å². The number of carbonyl (C=O) groups is 1. The molecule has 0 aliphatic carbocycles. The molecule has 0 saturated carbocycles. The zero-order valence-electron chi connectivity index (χ0n) is 19.6. The first-order valence-corrected chi connectivity index (χ1v) is 11.2. The van der Waals surface area contributed by atoms with Crippen LogP contribution >= 0.6 is 0 Å². The molecule has 0 radical (unpaired) electrons. The van der Waals surface area contributed by atoms with Crippen LogP contribution in [0.4, 0.5) is 14.5 Å². The fourth-order valence-corrected chi connectivity index (χ4v) is 4.13. The summed E-state index contributed by atoms with van der Waals surface area (Å²) in [6, 6.07) is 5.95. The van der Waals surface area contributed by atoms with E-state index in [0.29, 0.717) is 17.7 Å². The van der Waals surface area contributed by atoms with Gasteiger partial charge in [0.05, 0.1) is 35.8 Å². The Labute approximate surface area is 201 Å². The smallest absolute Gasteiger partial charge is 0.274 e. The number of amides is 1. The first-order valence-electron chi connectivity index (χ1n) is 11.2. The van der Waals surface area contributed by atoms with Crippen molar-refractivity contribution >= 4 is 11.6 Å². The highest BCUT2D eigenvalue weighted by molar-refractivity contribution is 6.03. The van der Waals surface area contributed by atoms with Gasteiger partial charge in [-0.2, -0.15) is 0 Å². The molecule has 4 atom stereocenters. The lowest BCUT2D eigenvalue weighted by atomic mass is 9.79. The van der Waals surface area contributed by atoms with E-state index in [1.807, 2.05) is 20.8 Å². The Morgan fingerprint density at radius 3 is 2.57 bits per heavy atom. The Hall–Kier alpha value is -3.34. The van der Waals surface area contributed by atoms with Crippen LogP contribution in [0.25, 0.3) is 11.4 Å². The lowest BCUT2D eigenvalue weighted by Gasteiger charge is -2.44. The molecule has 0 unspecified atom stereocenters. The molecule has 10 heteroatoms. The van der Waals surface area contributed by atoms with Gasteiger partial charge in [-0.25, -0.2) is 18.7 Å². The summed E-state index contributed by atoms with van der Waals surface area (Å²) in [7, 11) is 0. The molecule has 2 aromatic heterocycles. The summed E-state index contributed by atoms with van der Waals surface area (Å²) >= 11 is 0. The number of nitrogens with two attached hydrogens (primary N) is 1. The van der Waals surface area contributed by atoms with Crippen molar-refractivity contribution in [1.82, 2.24) is 15.0 Å². The predicted octanol–water partition coefficient (Wildman–Crippen LogP) is 3.63. The Kier molecular flexibility index (Phi) is 6.88. The molecule has 1 fully saturated rings. The standard InChI is InChI=1S/C25H27F2N5O3/c1-25(2,3)22-21(33)16(28)11-19(35-22)13-7-9-29-12-18(13)32-24(34)17-8-10-30-23(31-17)20-14(26)5-4-6-15(20)27/h4-10,12,16,19,21-22,33H,11,28H2,1-3H3,(H,32,34)/t16-,19-,21+,22+/m1/s1.